The monoisotopic (exact) mass is 305 g/mol. The Morgan fingerprint density at radius 2 is 1.88 bits per heavy atom. The van der Waals surface area contributed by atoms with Crippen molar-refractivity contribution < 1.29 is 13.2 Å². The van der Waals surface area contributed by atoms with Crippen molar-refractivity contribution in [3.63, 3.8) is 0 Å². The number of pyridine rings is 1. The number of hydrogen-bond donors (Lipinski definition) is 1. The van der Waals surface area contributed by atoms with E-state index in [1.807, 2.05) is 0 Å². The first-order valence-corrected chi connectivity index (χ1v) is 5.49. The number of alkyl halides is 3. The van der Waals surface area contributed by atoms with Crippen molar-refractivity contribution in [1.82, 2.24) is 4.98 Å². The molecule has 1 aromatic heterocycles. The second kappa shape index (κ2) is 3.87. The third kappa shape index (κ3) is 2.22. The fraction of sp³-hybridized carbons (Fsp3) is 0.182. The zero-order valence-corrected chi connectivity index (χ0v) is 10.2. The summed E-state index contributed by atoms with van der Waals surface area (Å²) in [5.74, 6) is 0. The van der Waals surface area contributed by atoms with Gasteiger partial charge in [0, 0.05) is 15.9 Å². The van der Waals surface area contributed by atoms with Crippen LogP contribution in [0.15, 0.2) is 27.5 Å². The Morgan fingerprint density at radius 3 is 2.47 bits per heavy atom. The first-order valence-electron chi connectivity index (χ1n) is 4.69. The molecular weight excluding hydrogens is 299 g/mol. The van der Waals surface area contributed by atoms with Crippen LogP contribution < -0.4 is 5.43 Å². The van der Waals surface area contributed by atoms with Crippen LogP contribution in [0.1, 0.15) is 11.3 Å². The molecule has 0 atom stereocenters. The molecular formula is C11H7BrF3NO. The molecule has 6 heteroatoms. The Balaban J connectivity index is 2.88. The van der Waals surface area contributed by atoms with Crippen molar-refractivity contribution in [2.24, 2.45) is 0 Å². The standard InChI is InChI=1S/C11H7BrF3NO/c1-5-2-6-8(17)4-9(11(13,14)15)16-10(6)7(12)3-5/h2-4H,1H3,(H,16,17). The number of halogens is 4. The third-order valence-electron chi connectivity index (χ3n) is 2.34. The summed E-state index contributed by atoms with van der Waals surface area (Å²) >= 11 is 3.15. The maximum atomic E-state index is 12.5. The van der Waals surface area contributed by atoms with E-state index in [0.717, 1.165) is 5.56 Å². The van der Waals surface area contributed by atoms with E-state index in [4.69, 9.17) is 0 Å². The molecule has 0 bridgehead atoms. The van der Waals surface area contributed by atoms with Crippen LogP contribution in [0, 0.1) is 6.92 Å². The molecule has 0 fully saturated rings. The Hall–Kier alpha value is -1.30. The Bertz CT molecular complexity index is 645. The largest absolute Gasteiger partial charge is 0.431 e. The molecule has 2 rings (SSSR count). The average Bonchev–Trinajstić information content (AvgIpc) is 2.17. The number of aryl methyl sites for hydroxylation is 1. The zero-order chi connectivity index (χ0) is 12.8. The van der Waals surface area contributed by atoms with Gasteiger partial charge in [0.15, 0.2) is 5.43 Å². The van der Waals surface area contributed by atoms with Crippen LogP contribution in [0.2, 0.25) is 0 Å². The van der Waals surface area contributed by atoms with Gasteiger partial charge in [-0.1, -0.05) is 0 Å². The molecule has 0 amide bonds. The fourth-order valence-corrected chi connectivity index (χ4v) is 2.27. The molecule has 2 nitrogen and oxygen atoms in total. The van der Waals surface area contributed by atoms with Crippen molar-refractivity contribution in [2.75, 3.05) is 0 Å². The normalized spacial score (nSPS) is 12.1. The van der Waals surface area contributed by atoms with Gasteiger partial charge in [0.1, 0.15) is 5.69 Å². The molecule has 0 unspecified atom stereocenters. The van der Waals surface area contributed by atoms with E-state index in [-0.39, 0.29) is 10.9 Å². The van der Waals surface area contributed by atoms with E-state index >= 15 is 0 Å². The number of aromatic amines is 1. The van der Waals surface area contributed by atoms with Gasteiger partial charge in [0.2, 0.25) is 0 Å². The molecule has 17 heavy (non-hydrogen) atoms. The topological polar surface area (TPSA) is 32.9 Å². The fourth-order valence-electron chi connectivity index (χ4n) is 1.60. The minimum atomic E-state index is -4.56. The van der Waals surface area contributed by atoms with Gasteiger partial charge in [-0.25, -0.2) is 0 Å². The number of hydrogen-bond acceptors (Lipinski definition) is 1. The van der Waals surface area contributed by atoms with E-state index in [1.165, 1.54) is 0 Å². The van der Waals surface area contributed by atoms with Crippen molar-refractivity contribution in [1.29, 1.82) is 0 Å². The molecule has 90 valence electrons. The predicted molar refractivity (Wildman–Crippen MR) is 62.0 cm³/mol. The summed E-state index contributed by atoms with van der Waals surface area (Å²) < 4.78 is 38.0. The molecule has 0 aliphatic rings. The van der Waals surface area contributed by atoms with Gasteiger partial charge in [-0.15, -0.1) is 0 Å². The number of fused-ring (bicyclic) bond motifs is 1. The molecule has 1 aromatic carbocycles. The molecule has 0 radical (unpaired) electrons. The van der Waals surface area contributed by atoms with Crippen molar-refractivity contribution in [3.05, 3.63) is 44.2 Å². The van der Waals surface area contributed by atoms with Crippen LogP contribution in [0.5, 0.6) is 0 Å². The lowest BCUT2D eigenvalue weighted by Crippen LogP contribution is -2.14. The van der Waals surface area contributed by atoms with Gasteiger partial charge in [0.05, 0.1) is 5.52 Å². The Labute approximate surface area is 103 Å². The van der Waals surface area contributed by atoms with Gasteiger partial charge in [0.25, 0.3) is 0 Å². The van der Waals surface area contributed by atoms with Crippen LogP contribution in [0.3, 0.4) is 0 Å². The highest BCUT2D eigenvalue weighted by atomic mass is 79.9. The SMILES string of the molecule is Cc1cc(Br)c2[nH]c(C(F)(F)F)cc(=O)c2c1. The second-order valence-corrected chi connectivity index (χ2v) is 4.57. The number of benzene rings is 1. The summed E-state index contributed by atoms with van der Waals surface area (Å²) in [4.78, 5) is 13.8. The number of nitrogens with one attached hydrogen (secondary N) is 1. The molecule has 0 aliphatic heterocycles. The van der Waals surface area contributed by atoms with E-state index in [2.05, 4.69) is 20.9 Å². The molecule has 0 saturated heterocycles. The molecule has 1 heterocycles. The van der Waals surface area contributed by atoms with Crippen molar-refractivity contribution in [3.8, 4) is 0 Å². The lowest BCUT2D eigenvalue weighted by Gasteiger charge is -2.09. The predicted octanol–water partition coefficient (Wildman–Crippen LogP) is 3.62. The van der Waals surface area contributed by atoms with Gasteiger partial charge < -0.3 is 4.98 Å². The highest BCUT2D eigenvalue weighted by Crippen LogP contribution is 2.29. The zero-order valence-electron chi connectivity index (χ0n) is 8.65. The van der Waals surface area contributed by atoms with E-state index in [1.54, 1.807) is 19.1 Å². The maximum Gasteiger partial charge on any atom is 0.431 e. The van der Waals surface area contributed by atoms with Crippen LogP contribution in [0.4, 0.5) is 13.2 Å². The molecule has 1 N–H and O–H groups in total. The average molecular weight is 306 g/mol. The first kappa shape index (κ1) is 12.2. The maximum absolute atomic E-state index is 12.5. The highest BCUT2D eigenvalue weighted by molar-refractivity contribution is 9.10. The van der Waals surface area contributed by atoms with E-state index < -0.39 is 17.3 Å². The Kier molecular flexibility index (Phi) is 2.77. The summed E-state index contributed by atoms with van der Waals surface area (Å²) in [5.41, 5.74) is -0.722. The summed E-state index contributed by atoms with van der Waals surface area (Å²) in [5, 5.41) is 0.241. The smallest absolute Gasteiger partial charge is 0.350 e. The summed E-state index contributed by atoms with van der Waals surface area (Å²) in [6.45, 7) is 1.77. The number of rotatable bonds is 0. The van der Waals surface area contributed by atoms with Crippen LogP contribution in [-0.4, -0.2) is 4.98 Å². The number of H-pyrrole nitrogens is 1. The Morgan fingerprint density at radius 1 is 1.24 bits per heavy atom. The molecule has 0 aliphatic carbocycles. The quantitative estimate of drug-likeness (QED) is 0.792. The summed E-state index contributed by atoms with van der Waals surface area (Å²) in [7, 11) is 0. The lowest BCUT2D eigenvalue weighted by atomic mass is 10.1. The van der Waals surface area contributed by atoms with Gasteiger partial charge in [-0.3, -0.25) is 4.79 Å². The highest BCUT2D eigenvalue weighted by Gasteiger charge is 2.32. The lowest BCUT2D eigenvalue weighted by molar-refractivity contribution is -0.141. The van der Waals surface area contributed by atoms with Crippen LogP contribution in [-0.2, 0) is 6.18 Å². The van der Waals surface area contributed by atoms with Crippen LogP contribution >= 0.6 is 15.9 Å². The first-order chi connectivity index (χ1) is 7.79. The van der Waals surface area contributed by atoms with E-state index in [9.17, 15) is 18.0 Å². The number of aromatic nitrogens is 1. The summed E-state index contributed by atoms with van der Waals surface area (Å²) in [6.07, 6.45) is -4.56. The molecule has 2 aromatic rings. The molecule has 0 saturated carbocycles. The molecule has 0 spiro atoms. The van der Waals surface area contributed by atoms with E-state index in [0.29, 0.717) is 10.5 Å². The minimum absolute atomic E-state index is 0.162. The van der Waals surface area contributed by atoms with Gasteiger partial charge in [-0.2, -0.15) is 13.2 Å². The van der Waals surface area contributed by atoms with Crippen molar-refractivity contribution in [2.45, 2.75) is 13.1 Å². The second-order valence-electron chi connectivity index (χ2n) is 3.71. The van der Waals surface area contributed by atoms with Crippen molar-refractivity contribution >= 4 is 26.8 Å². The van der Waals surface area contributed by atoms with Gasteiger partial charge >= 0.3 is 6.18 Å². The summed E-state index contributed by atoms with van der Waals surface area (Å²) in [6, 6.07) is 3.78. The van der Waals surface area contributed by atoms with Crippen LogP contribution in [0.25, 0.3) is 10.9 Å². The minimum Gasteiger partial charge on any atom is -0.350 e. The van der Waals surface area contributed by atoms with Gasteiger partial charge in [-0.05, 0) is 40.5 Å². The third-order valence-corrected chi connectivity index (χ3v) is 2.97.